The van der Waals surface area contributed by atoms with Crippen LogP contribution in [0.3, 0.4) is 0 Å². The van der Waals surface area contributed by atoms with Gasteiger partial charge in [0.2, 0.25) is 5.88 Å². The van der Waals surface area contributed by atoms with E-state index in [4.69, 9.17) is 19.3 Å². The minimum absolute atomic E-state index is 0.143. The van der Waals surface area contributed by atoms with Gasteiger partial charge in [-0.15, -0.1) is 0 Å². The van der Waals surface area contributed by atoms with Gasteiger partial charge in [0, 0.05) is 0 Å². The monoisotopic (exact) mass is 320 g/mol. The standard InChI is InChI=1S/C19H16N2O3/c20-11-15-17(16-7-3-9-23-16)14-6-1-4-12(18(14)24-19(15)21)10-13-5-2-8-22-13/h2-3,5,7-10,17H,1,4,6,21H2/b12-10+. The van der Waals surface area contributed by atoms with E-state index in [1.54, 1.807) is 12.5 Å². The fraction of sp³-hybridized carbons (Fsp3) is 0.211. The minimum atomic E-state index is -0.283. The van der Waals surface area contributed by atoms with Crippen molar-refractivity contribution in [3.63, 3.8) is 0 Å². The molecule has 2 N–H and O–H groups in total. The molecule has 1 unspecified atom stereocenters. The van der Waals surface area contributed by atoms with Gasteiger partial charge in [0.25, 0.3) is 0 Å². The highest BCUT2D eigenvalue weighted by Gasteiger charge is 2.37. The molecule has 3 heterocycles. The molecule has 0 bridgehead atoms. The SMILES string of the molecule is N#CC1=C(N)OC2=C(CCC/C2=C\c2ccco2)C1c1ccco1. The van der Waals surface area contributed by atoms with E-state index in [-0.39, 0.29) is 11.8 Å². The Balaban J connectivity index is 1.84. The van der Waals surface area contributed by atoms with Crippen molar-refractivity contribution in [1.82, 2.24) is 0 Å². The topological polar surface area (TPSA) is 85.3 Å². The summed E-state index contributed by atoms with van der Waals surface area (Å²) in [6.45, 7) is 0. The highest BCUT2D eigenvalue weighted by Crippen LogP contribution is 2.46. The lowest BCUT2D eigenvalue weighted by Gasteiger charge is -2.32. The number of ether oxygens (including phenoxy) is 1. The van der Waals surface area contributed by atoms with E-state index >= 15 is 0 Å². The van der Waals surface area contributed by atoms with Gasteiger partial charge in [-0.2, -0.15) is 5.26 Å². The largest absolute Gasteiger partial charge is 0.468 e. The summed E-state index contributed by atoms with van der Waals surface area (Å²) in [4.78, 5) is 0. The van der Waals surface area contributed by atoms with Gasteiger partial charge >= 0.3 is 0 Å². The molecule has 1 aliphatic heterocycles. The third kappa shape index (κ3) is 2.33. The van der Waals surface area contributed by atoms with E-state index < -0.39 is 0 Å². The van der Waals surface area contributed by atoms with Gasteiger partial charge < -0.3 is 19.3 Å². The summed E-state index contributed by atoms with van der Waals surface area (Å²) in [7, 11) is 0. The van der Waals surface area contributed by atoms with Crippen LogP contribution in [0, 0.1) is 11.3 Å². The van der Waals surface area contributed by atoms with Crippen molar-refractivity contribution in [2.75, 3.05) is 0 Å². The number of nitrogens with zero attached hydrogens (tertiary/aromatic N) is 1. The van der Waals surface area contributed by atoms with Crippen LogP contribution >= 0.6 is 0 Å². The molecule has 24 heavy (non-hydrogen) atoms. The molecule has 1 atom stereocenters. The highest BCUT2D eigenvalue weighted by molar-refractivity contribution is 5.59. The third-order valence-electron chi connectivity index (χ3n) is 4.40. The molecule has 2 aromatic rings. The molecule has 0 spiro atoms. The quantitative estimate of drug-likeness (QED) is 0.896. The van der Waals surface area contributed by atoms with E-state index in [0.717, 1.165) is 41.9 Å². The van der Waals surface area contributed by atoms with Gasteiger partial charge in [-0.1, -0.05) is 0 Å². The van der Waals surface area contributed by atoms with Crippen molar-refractivity contribution in [2.45, 2.75) is 25.2 Å². The molecule has 120 valence electrons. The molecular formula is C19H16N2O3. The normalized spacial score (nSPS) is 22.3. The highest BCUT2D eigenvalue weighted by atomic mass is 16.5. The van der Waals surface area contributed by atoms with E-state index in [0.29, 0.717) is 11.3 Å². The molecule has 0 amide bonds. The summed E-state index contributed by atoms with van der Waals surface area (Å²) in [6, 6.07) is 9.62. The van der Waals surface area contributed by atoms with E-state index in [1.165, 1.54) is 0 Å². The van der Waals surface area contributed by atoms with Crippen molar-refractivity contribution in [3.05, 3.63) is 76.7 Å². The smallest absolute Gasteiger partial charge is 0.205 e. The van der Waals surface area contributed by atoms with Gasteiger partial charge in [-0.05, 0) is 60.8 Å². The maximum absolute atomic E-state index is 9.53. The van der Waals surface area contributed by atoms with E-state index in [1.807, 2.05) is 30.3 Å². The number of hydrogen-bond donors (Lipinski definition) is 1. The molecule has 0 aromatic carbocycles. The summed E-state index contributed by atoms with van der Waals surface area (Å²) in [6.07, 6.45) is 7.91. The van der Waals surface area contributed by atoms with Gasteiger partial charge in [0.15, 0.2) is 0 Å². The fourth-order valence-electron chi connectivity index (χ4n) is 3.36. The van der Waals surface area contributed by atoms with Crippen LogP contribution in [0.1, 0.15) is 36.7 Å². The van der Waals surface area contributed by atoms with Crippen molar-refractivity contribution < 1.29 is 13.6 Å². The van der Waals surface area contributed by atoms with Crippen molar-refractivity contribution >= 4 is 6.08 Å². The Morgan fingerprint density at radius 1 is 1.17 bits per heavy atom. The molecule has 1 aliphatic carbocycles. The van der Waals surface area contributed by atoms with Gasteiger partial charge in [-0.25, -0.2) is 0 Å². The number of hydrogen-bond acceptors (Lipinski definition) is 5. The zero-order valence-corrected chi connectivity index (χ0v) is 13.0. The lowest BCUT2D eigenvalue weighted by molar-refractivity contribution is 0.273. The van der Waals surface area contributed by atoms with Gasteiger partial charge in [0.05, 0.1) is 18.4 Å². The summed E-state index contributed by atoms with van der Waals surface area (Å²) in [5.74, 6) is 2.09. The summed E-state index contributed by atoms with van der Waals surface area (Å²) >= 11 is 0. The van der Waals surface area contributed by atoms with Crippen LogP contribution < -0.4 is 5.73 Å². The van der Waals surface area contributed by atoms with Crippen LogP contribution in [0.4, 0.5) is 0 Å². The number of nitrogens with two attached hydrogens (primary N) is 1. The molecule has 0 saturated heterocycles. The average molecular weight is 320 g/mol. The zero-order valence-electron chi connectivity index (χ0n) is 13.0. The van der Waals surface area contributed by atoms with Crippen LogP contribution in [0.15, 0.2) is 74.0 Å². The van der Waals surface area contributed by atoms with Crippen LogP contribution in [0.2, 0.25) is 0 Å². The van der Waals surface area contributed by atoms with E-state index in [2.05, 4.69) is 6.07 Å². The lowest BCUT2D eigenvalue weighted by Crippen LogP contribution is -2.23. The maximum atomic E-state index is 9.53. The first-order chi connectivity index (χ1) is 11.8. The first-order valence-corrected chi connectivity index (χ1v) is 7.86. The van der Waals surface area contributed by atoms with Crippen molar-refractivity contribution in [3.8, 4) is 6.07 Å². The number of allylic oxidation sites excluding steroid dienone is 3. The fourth-order valence-corrected chi connectivity index (χ4v) is 3.36. The first-order valence-electron chi connectivity index (χ1n) is 7.86. The Labute approximate surface area is 139 Å². The Morgan fingerprint density at radius 3 is 2.71 bits per heavy atom. The first kappa shape index (κ1) is 14.5. The maximum Gasteiger partial charge on any atom is 0.205 e. The molecule has 2 aliphatic rings. The Kier molecular flexibility index (Phi) is 3.51. The van der Waals surface area contributed by atoms with E-state index in [9.17, 15) is 5.26 Å². The Morgan fingerprint density at radius 2 is 2.00 bits per heavy atom. The lowest BCUT2D eigenvalue weighted by atomic mass is 9.79. The zero-order chi connectivity index (χ0) is 16.5. The molecule has 5 nitrogen and oxygen atoms in total. The predicted octanol–water partition coefficient (Wildman–Crippen LogP) is 4.20. The number of furan rings is 2. The second-order valence-corrected chi connectivity index (χ2v) is 5.83. The molecule has 2 aromatic heterocycles. The Bertz CT molecular complexity index is 878. The third-order valence-corrected chi connectivity index (χ3v) is 4.40. The van der Waals surface area contributed by atoms with Crippen LogP contribution in [-0.4, -0.2) is 0 Å². The summed E-state index contributed by atoms with van der Waals surface area (Å²) < 4.78 is 16.8. The molecule has 4 rings (SSSR count). The van der Waals surface area contributed by atoms with Gasteiger partial charge in [-0.3, -0.25) is 0 Å². The number of rotatable bonds is 2. The van der Waals surface area contributed by atoms with Crippen LogP contribution in [0.25, 0.3) is 6.08 Å². The molecule has 5 heteroatoms. The second-order valence-electron chi connectivity index (χ2n) is 5.83. The summed E-state index contributed by atoms with van der Waals surface area (Å²) in [5.41, 5.74) is 8.51. The molecule has 0 radical (unpaired) electrons. The molecular weight excluding hydrogens is 304 g/mol. The Hall–Kier alpha value is -3.13. The van der Waals surface area contributed by atoms with Crippen molar-refractivity contribution in [1.29, 1.82) is 5.26 Å². The predicted molar refractivity (Wildman–Crippen MR) is 86.9 cm³/mol. The van der Waals surface area contributed by atoms with Gasteiger partial charge in [0.1, 0.15) is 28.9 Å². The van der Waals surface area contributed by atoms with Crippen molar-refractivity contribution in [2.24, 2.45) is 5.73 Å². The average Bonchev–Trinajstić information content (AvgIpc) is 3.28. The second kappa shape index (κ2) is 5.82. The van der Waals surface area contributed by atoms with Crippen LogP contribution in [-0.2, 0) is 4.74 Å². The number of nitriles is 1. The molecule has 0 fully saturated rings. The summed E-state index contributed by atoms with van der Waals surface area (Å²) in [5, 5.41) is 9.53. The molecule has 0 saturated carbocycles. The minimum Gasteiger partial charge on any atom is -0.468 e. The van der Waals surface area contributed by atoms with Crippen LogP contribution in [0.5, 0.6) is 0 Å².